The Morgan fingerprint density at radius 2 is 2.00 bits per heavy atom. The number of aromatic nitrogens is 2. The van der Waals surface area contributed by atoms with Crippen molar-refractivity contribution in [3.63, 3.8) is 0 Å². The van der Waals surface area contributed by atoms with Gasteiger partial charge in [0, 0.05) is 18.8 Å². The summed E-state index contributed by atoms with van der Waals surface area (Å²) >= 11 is 0. The Kier molecular flexibility index (Phi) is 3.67. The molecule has 1 N–H and O–H groups in total. The van der Waals surface area contributed by atoms with Crippen molar-refractivity contribution in [2.24, 2.45) is 0 Å². The van der Waals surface area contributed by atoms with Gasteiger partial charge in [0.05, 0.1) is 18.2 Å². The lowest BCUT2D eigenvalue weighted by atomic mass is 10.0. The van der Waals surface area contributed by atoms with Crippen LogP contribution in [0.25, 0.3) is 0 Å². The summed E-state index contributed by atoms with van der Waals surface area (Å²) in [5.41, 5.74) is 0.259. The molecule has 0 bridgehead atoms. The second kappa shape index (κ2) is 5.53. The predicted molar refractivity (Wildman–Crippen MR) is 75.0 cm³/mol. The highest BCUT2D eigenvalue weighted by Crippen LogP contribution is 2.42. The number of hydrogen-bond acceptors (Lipinski definition) is 4. The SMILES string of the molecule is O=C(O)c1cnc(N2CC(F)(F)CC2c2cccc(F)c2)nc1. The van der Waals surface area contributed by atoms with Crippen LogP contribution in [0.4, 0.5) is 19.1 Å². The molecule has 5 nitrogen and oxygen atoms in total. The second-order valence-electron chi connectivity index (χ2n) is 5.34. The standard InChI is InChI=1S/C15H12F3N3O2/c16-11-3-1-2-9(4-11)12-5-15(17,18)8-21(12)14-19-6-10(7-20-14)13(22)23/h1-4,6-7,12H,5,8H2,(H,22,23). The highest BCUT2D eigenvalue weighted by Gasteiger charge is 2.46. The van der Waals surface area contributed by atoms with Crippen molar-refractivity contribution in [1.82, 2.24) is 9.97 Å². The van der Waals surface area contributed by atoms with Crippen molar-refractivity contribution in [2.75, 3.05) is 11.4 Å². The van der Waals surface area contributed by atoms with E-state index in [2.05, 4.69) is 9.97 Å². The molecule has 3 rings (SSSR count). The summed E-state index contributed by atoms with van der Waals surface area (Å²) in [5.74, 6) is -4.70. The van der Waals surface area contributed by atoms with Crippen LogP contribution in [0.3, 0.4) is 0 Å². The fourth-order valence-electron chi connectivity index (χ4n) is 2.62. The zero-order valence-electron chi connectivity index (χ0n) is 11.8. The van der Waals surface area contributed by atoms with Gasteiger partial charge in [0.25, 0.3) is 5.92 Å². The Bertz CT molecular complexity index is 737. The van der Waals surface area contributed by atoms with Crippen LogP contribution < -0.4 is 4.90 Å². The number of alkyl halides is 2. The Labute approximate surface area is 129 Å². The maximum absolute atomic E-state index is 13.8. The smallest absolute Gasteiger partial charge is 0.338 e. The van der Waals surface area contributed by atoms with E-state index in [0.29, 0.717) is 5.56 Å². The van der Waals surface area contributed by atoms with Gasteiger partial charge in [-0.1, -0.05) is 12.1 Å². The summed E-state index contributed by atoms with van der Waals surface area (Å²) < 4.78 is 41.1. The van der Waals surface area contributed by atoms with Gasteiger partial charge in [-0.15, -0.1) is 0 Å². The molecule has 2 heterocycles. The van der Waals surface area contributed by atoms with E-state index < -0.39 is 36.7 Å². The van der Waals surface area contributed by atoms with Crippen LogP contribution in [0.2, 0.25) is 0 Å². The van der Waals surface area contributed by atoms with Crippen LogP contribution in [0.5, 0.6) is 0 Å². The van der Waals surface area contributed by atoms with Gasteiger partial charge in [0.1, 0.15) is 5.82 Å². The van der Waals surface area contributed by atoms with E-state index in [0.717, 1.165) is 12.4 Å². The number of aromatic carboxylic acids is 1. The summed E-state index contributed by atoms with van der Waals surface area (Å²) in [6, 6.07) is 4.67. The lowest BCUT2D eigenvalue weighted by Gasteiger charge is -2.24. The molecule has 0 radical (unpaired) electrons. The molecule has 1 aliphatic heterocycles. The molecule has 1 aromatic carbocycles. The Balaban J connectivity index is 1.96. The van der Waals surface area contributed by atoms with Crippen molar-refractivity contribution in [1.29, 1.82) is 0 Å². The number of carbonyl (C=O) groups is 1. The maximum atomic E-state index is 13.8. The van der Waals surface area contributed by atoms with Crippen LogP contribution in [-0.2, 0) is 0 Å². The summed E-state index contributed by atoms with van der Waals surface area (Å²) in [7, 11) is 0. The molecular weight excluding hydrogens is 311 g/mol. The summed E-state index contributed by atoms with van der Waals surface area (Å²) in [5, 5.41) is 8.83. The second-order valence-corrected chi connectivity index (χ2v) is 5.34. The number of benzene rings is 1. The average molecular weight is 323 g/mol. The third-order valence-electron chi connectivity index (χ3n) is 3.65. The molecule has 0 saturated carbocycles. The van der Waals surface area contributed by atoms with Crippen LogP contribution in [-0.4, -0.2) is 33.5 Å². The number of carboxylic acids is 1. The third kappa shape index (κ3) is 3.10. The van der Waals surface area contributed by atoms with E-state index in [1.165, 1.54) is 23.1 Å². The summed E-state index contributed by atoms with van der Waals surface area (Å²) in [6.07, 6.45) is 1.63. The van der Waals surface area contributed by atoms with Crippen molar-refractivity contribution >= 4 is 11.9 Å². The minimum absolute atomic E-state index is 0.0126. The molecule has 8 heteroatoms. The first-order valence-corrected chi connectivity index (χ1v) is 6.81. The molecule has 1 aromatic heterocycles. The van der Waals surface area contributed by atoms with Gasteiger partial charge in [-0.3, -0.25) is 0 Å². The number of anilines is 1. The minimum atomic E-state index is -2.97. The molecular formula is C15H12F3N3O2. The van der Waals surface area contributed by atoms with Gasteiger partial charge in [-0.25, -0.2) is 27.9 Å². The predicted octanol–water partition coefficient (Wildman–Crippen LogP) is 2.90. The monoisotopic (exact) mass is 323 g/mol. The van der Waals surface area contributed by atoms with E-state index in [1.807, 2.05) is 0 Å². The number of nitrogens with zero attached hydrogens (tertiary/aromatic N) is 3. The Morgan fingerprint density at radius 1 is 1.30 bits per heavy atom. The van der Waals surface area contributed by atoms with Gasteiger partial charge in [-0.05, 0) is 17.7 Å². The fraction of sp³-hybridized carbons (Fsp3) is 0.267. The van der Waals surface area contributed by atoms with Crippen LogP contribution in [0, 0.1) is 5.82 Å². The molecule has 1 unspecified atom stereocenters. The number of halogens is 3. The molecule has 120 valence electrons. The zero-order valence-corrected chi connectivity index (χ0v) is 11.8. The molecule has 0 amide bonds. The normalized spacial score (nSPS) is 19.8. The number of carboxylic acid groups (broad SMARTS) is 1. The number of rotatable bonds is 3. The third-order valence-corrected chi connectivity index (χ3v) is 3.65. The van der Waals surface area contributed by atoms with Gasteiger partial charge >= 0.3 is 5.97 Å². The van der Waals surface area contributed by atoms with Gasteiger partial charge < -0.3 is 10.0 Å². The topological polar surface area (TPSA) is 66.3 Å². The van der Waals surface area contributed by atoms with Crippen molar-refractivity contribution in [3.05, 3.63) is 53.6 Å². The first kappa shape index (κ1) is 15.3. The highest BCUT2D eigenvalue weighted by molar-refractivity contribution is 5.86. The van der Waals surface area contributed by atoms with E-state index >= 15 is 0 Å². The van der Waals surface area contributed by atoms with Gasteiger partial charge in [0.2, 0.25) is 5.95 Å². The maximum Gasteiger partial charge on any atom is 0.338 e. The molecule has 1 atom stereocenters. The lowest BCUT2D eigenvalue weighted by Crippen LogP contribution is -2.28. The Morgan fingerprint density at radius 3 is 2.61 bits per heavy atom. The average Bonchev–Trinajstić information content (AvgIpc) is 2.83. The number of hydrogen-bond donors (Lipinski definition) is 1. The van der Waals surface area contributed by atoms with Crippen molar-refractivity contribution in [3.8, 4) is 0 Å². The van der Waals surface area contributed by atoms with E-state index in [-0.39, 0.29) is 11.5 Å². The van der Waals surface area contributed by atoms with Gasteiger partial charge in [-0.2, -0.15) is 0 Å². The quantitative estimate of drug-likeness (QED) is 0.941. The van der Waals surface area contributed by atoms with E-state index in [1.54, 1.807) is 6.07 Å². The first-order chi connectivity index (χ1) is 10.9. The summed E-state index contributed by atoms with van der Waals surface area (Å²) in [4.78, 5) is 19.8. The highest BCUT2D eigenvalue weighted by atomic mass is 19.3. The molecule has 1 saturated heterocycles. The van der Waals surface area contributed by atoms with Gasteiger partial charge in [0.15, 0.2) is 0 Å². The molecule has 0 aliphatic carbocycles. The van der Waals surface area contributed by atoms with Crippen LogP contribution in [0.15, 0.2) is 36.7 Å². The molecule has 1 aliphatic rings. The Hall–Kier alpha value is -2.64. The van der Waals surface area contributed by atoms with Crippen LogP contribution >= 0.6 is 0 Å². The molecule has 23 heavy (non-hydrogen) atoms. The largest absolute Gasteiger partial charge is 0.478 e. The first-order valence-electron chi connectivity index (χ1n) is 6.81. The molecule has 2 aromatic rings. The van der Waals surface area contributed by atoms with Crippen molar-refractivity contribution < 1.29 is 23.1 Å². The van der Waals surface area contributed by atoms with E-state index in [9.17, 15) is 18.0 Å². The zero-order chi connectivity index (χ0) is 16.6. The van der Waals surface area contributed by atoms with E-state index in [4.69, 9.17) is 5.11 Å². The molecule has 1 fully saturated rings. The molecule has 0 spiro atoms. The fourth-order valence-corrected chi connectivity index (χ4v) is 2.62. The van der Waals surface area contributed by atoms with Crippen molar-refractivity contribution in [2.45, 2.75) is 18.4 Å². The minimum Gasteiger partial charge on any atom is -0.478 e. The lowest BCUT2D eigenvalue weighted by molar-refractivity contribution is 0.0222. The van der Waals surface area contributed by atoms with Crippen LogP contribution in [0.1, 0.15) is 28.4 Å². The summed E-state index contributed by atoms with van der Waals surface area (Å²) in [6.45, 7) is -0.611.